The molecule has 1 heterocycles. The highest BCUT2D eigenvalue weighted by molar-refractivity contribution is 5.75. The van der Waals surface area contributed by atoms with E-state index in [0.717, 1.165) is 38.2 Å². The quantitative estimate of drug-likeness (QED) is 0.893. The highest BCUT2D eigenvalue weighted by atomic mass is 16.4. The van der Waals surface area contributed by atoms with Crippen LogP contribution in [0.3, 0.4) is 0 Å². The minimum Gasteiger partial charge on any atom is -0.508 e. The molecule has 2 fully saturated rings. The van der Waals surface area contributed by atoms with Crippen molar-refractivity contribution in [3.63, 3.8) is 0 Å². The number of phenols is 1. The average Bonchev–Trinajstić information content (AvgIpc) is 2.96. The van der Waals surface area contributed by atoms with Crippen LogP contribution in [-0.4, -0.2) is 58.2 Å². The molecule has 1 aromatic carbocycles. The lowest BCUT2D eigenvalue weighted by Gasteiger charge is -2.29. The Morgan fingerprint density at radius 3 is 2.35 bits per heavy atom. The second-order valence-corrected chi connectivity index (χ2v) is 6.70. The van der Waals surface area contributed by atoms with Gasteiger partial charge < -0.3 is 10.2 Å². The fourth-order valence-corrected chi connectivity index (χ4v) is 4.02. The Balaban J connectivity index is 1.70. The smallest absolute Gasteiger partial charge is 0.325 e. The zero-order chi connectivity index (χ0) is 16.2. The van der Waals surface area contributed by atoms with E-state index >= 15 is 0 Å². The summed E-state index contributed by atoms with van der Waals surface area (Å²) in [4.78, 5) is 16.4. The van der Waals surface area contributed by atoms with Crippen LogP contribution in [0, 0.1) is 0 Å². The number of nitrogens with zero attached hydrogens (tertiary/aromatic N) is 2. The molecule has 3 rings (SSSR count). The number of benzene rings is 1. The molecule has 1 atom stereocenters. The van der Waals surface area contributed by atoms with Gasteiger partial charge in [-0.2, -0.15) is 0 Å². The molecule has 1 aromatic rings. The molecule has 1 aliphatic heterocycles. The van der Waals surface area contributed by atoms with Crippen LogP contribution >= 0.6 is 0 Å². The molecule has 0 aromatic heterocycles. The third-order valence-corrected chi connectivity index (χ3v) is 5.21. The molecule has 23 heavy (non-hydrogen) atoms. The number of hydrogen-bond acceptors (Lipinski definition) is 4. The number of carboxylic acid groups (broad SMARTS) is 1. The van der Waals surface area contributed by atoms with E-state index in [2.05, 4.69) is 9.80 Å². The predicted octanol–water partition coefficient (Wildman–Crippen LogP) is 2.47. The van der Waals surface area contributed by atoms with Gasteiger partial charge in [0.1, 0.15) is 11.8 Å². The predicted molar refractivity (Wildman–Crippen MR) is 88.5 cm³/mol. The van der Waals surface area contributed by atoms with Crippen molar-refractivity contribution in [1.29, 1.82) is 0 Å². The van der Waals surface area contributed by atoms with Crippen LogP contribution in [-0.2, 0) is 4.79 Å². The van der Waals surface area contributed by atoms with E-state index < -0.39 is 12.0 Å². The first-order valence-corrected chi connectivity index (χ1v) is 8.65. The third-order valence-electron chi connectivity index (χ3n) is 5.21. The summed E-state index contributed by atoms with van der Waals surface area (Å²) in [6.45, 7) is 3.62. The van der Waals surface area contributed by atoms with Crippen LogP contribution in [0.2, 0.25) is 0 Å². The Morgan fingerprint density at radius 2 is 1.70 bits per heavy atom. The second-order valence-electron chi connectivity index (χ2n) is 6.70. The molecule has 1 saturated heterocycles. The van der Waals surface area contributed by atoms with Crippen molar-refractivity contribution in [2.75, 3.05) is 26.2 Å². The van der Waals surface area contributed by atoms with Crippen molar-refractivity contribution in [2.24, 2.45) is 0 Å². The standard InChI is InChI=1S/C18H26N2O3/c21-16-8-6-14(7-9-16)17(18(22)23)20-11-3-10-19(12-13-20)15-4-1-2-5-15/h6-9,15,17,21H,1-5,10-13H2,(H,22,23)/t17-/m1/s1. The van der Waals surface area contributed by atoms with Gasteiger partial charge in [-0.05, 0) is 43.5 Å². The van der Waals surface area contributed by atoms with Gasteiger partial charge in [0, 0.05) is 25.7 Å². The Labute approximate surface area is 137 Å². The topological polar surface area (TPSA) is 64.0 Å². The molecular formula is C18H26N2O3. The fraction of sp³-hybridized carbons (Fsp3) is 0.611. The van der Waals surface area contributed by atoms with E-state index in [1.54, 1.807) is 24.3 Å². The summed E-state index contributed by atoms with van der Waals surface area (Å²) >= 11 is 0. The number of aliphatic carboxylic acids is 1. The number of carbonyl (C=O) groups is 1. The van der Waals surface area contributed by atoms with Crippen molar-refractivity contribution < 1.29 is 15.0 Å². The number of carboxylic acids is 1. The summed E-state index contributed by atoms with van der Waals surface area (Å²) in [5.74, 6) is -0.647. The van der Waals surface area contributed by atoms with Gasteiger partial charge in [-0.15, -0.1) is 0 Å². The van der Waals surface area contributed by atoms with E-state index in [4.69, 9.17) is 0 Å². The minimum absolute atomic E-state index is 0.168. The van der Waals surface area contributed by atoms with E-state index in [-0.39, 0.29) is 5.75 Å². The van der Waals surface area contributed by atoms with Crippen LogP contribution in [0.25, 0.3) is 0 Å². The average molecular weight is 318 g/mol. The summed E-state index contributed by atoms with van der Waals surface area (Å²) < 4.78 is 0. The molecule has 0 spiro atoms. The van der Waals surface area contributed by atoms with Crippen molar-refractivity contribution >= 4 is 5.97 Å². The van der Waals surface area contributed by atoms with Crippen LogP contribution in [0.4, 0.5) is 0 Å². The Hall–Kier alpha value is -1.59. The molecule has 5 heteroatoms. The van der Waals surface area contributed by atoms with Crippen molar-refractivity contribution in [1.82, 2.24) is 9.80 Å². The monoisotopic (exact) mass is 318 g/mol. The minimum atomic E-state index is -0.815. The zero-order valence-corrected chi connectivity index (χ0v) is 13.5. The molecule has 5 nitrogen and oxygen atoms in total. The summed E-state index contributed by atoms with van der Waals surface area (Å²) in [6.07, 6.45) is 6.26. The lowest BCUT2D eigenvalue weighted by atomic mass is 10.0. The molecule has 1 aliphatic carbocycles. The first-order chi connectivity index (χ1) is 11.1. The summed E-state index contributed by atoms with van der Waals surface area (Å²) in [5, 5.41) is 19.1. The normalized spacial score (nSPS) is 22.8. The van der Waals surface area contributed by atoms with Gasteiger partial charge in [0.2, 0.25) is 0 Å². The van der Waals surface area contributed by atoms with E-state index in [1.165, 1.54) is 25.7 Å². The maximum Gasteiger partial charge on any atom is 0.325 e. The van der Waals surface area contributed by atoms with Gasteiger partial charge in [-0.3, -0.25) is 14.6 Å². The number of phenolic OH excluding ortho intramolecular Hbond substituents is 1. The Kier molecular flexibility index (Phi) is 5.18. The maximum absolute atomic E-state index is 11.8. The number of aromatic hydroxyl groups is 1. The molecule has 2 aliphatic rings. The van der Waals surface area contributed by atoms with Crippen molar-refractivity contribution in [2.45, 2.75) is 44.2 Å². The first kappa shape index (κ1) is 16.3. The Bertz CT molecular complexity index is 526. The maximum atomic E-state index is 11.8. The number of rotatable bonds is 4. The molecule has 0 unspecified atom stereocenters. The van der Waals surface area contributed by atoms with Gasteiger partial charge >= 0.3 is 5.97 Å². The van der Waals surface area contributed by atoms with Crippen LogP contribution in [0.15, 0.2) is 24.3 Å². The van der Waals surface area contributed by atoms with Gasteiger partial charge in [0.25, 0.3) is 0 Å². The van der Waals surface area contributed by atoms with Gasteiger partial charge in [-0.25, -0.2) is 0 Å². The van der Waals surface area contributed by atoms with Crippen LogP contribution < -0.4 is 0 Å². The summed E-state index contributed by atoms with van der Waals surface area (Å²) in [6, 6.07) is 6.63. The van der Waals surface area contributed by atoms with E-state index in [1.807, 2.05) is 0 Å². The summed E-state index contributed by atoms with van der Waals surface area (Å²) in [7, 11) is 0. The fourth-order valence-electron chi connectivity index (χ4n) is 4.02. The molecule has 0 bridgehead atoms. The van der Waals surface area contributed by atoms with Gasteiger partial charge in [-0.1, -0.05) is 25.0 Å². The highest BCUT2D eigenvalue weighted by Gasteiger charge is 2.31. The van der Waals surface area contributed by atoms with Crippen molar-refractivity contribution in [3.8, 4) is 5.75 Å². The van der Waals surface area contributed by atoms with Gasteiger partial charge in [0.05, 0.1) is 0 Å². The lowest BCUT2D eigenvalue weighted by Crippen LogP contribution is -2.39. The molecular weight excluding hydrogens is 292 g/mol. The molecule has 126 valence electrons. The van der Waals surface area contributed by atoms with E-state index in [0.29, 0.717) is 6.04 Å². The molecule has 1 saturated carbocycles. The van der Waals surface area contributed by atoms with Gasteiger partial charge in [0.15, 0.2) is 0 Å². The number of hydrogen-bond donors (Lipinski definition) is 2. The largest absolute Gasteiger partial charge is 0.508 e. The highest BCUT2D eigenvalue weighted by Crippen LogP contribution is 2.27. The molecule has 2 N–H and O–H groups in total. The first-order valence-electron chi connectivity index (χ1n) is 8.65. The SMILES string of the molecule is O=C(O)[C@@H](c1ccc(O)cc1)N1CCCN(C2CCCC2)CC1. The van der Waals surface area contributed by atoms with Crippen molar-refractivity contribution in [3.05, 3.63) is 29.8 Å². The second kappa shape index (κ2) is 7.32. The molecule has 0 amide bonds. The van der Waals surface area contributed by atoms with E-state index in [9.17, 15) is 15.0 Å². The molecule has 0 radical (unpaired) electrons. The third kappa shape index (κ3) is 3.85. The zero-order valence-electron chi connectivity index (χ0n) is 13.5. The summed E-state index contributed by atoms with van der Waals surface area (Å²) in [5.41, 5.74) is 0.740. The lowest BCUT2D eigenvalue weighted by molar-refractivity contribution is -0.143. The van der Waals surface area contributed by atoms with Crippen LogP contribution in [0.5, 0.6) is 5.75 Å². The van der Waals surface area contributed by atoms with Crippen LogP contribution in [0.1, 0.15) is 43.7 Å². The Morgan fingerprint density at radius 1 is 1.00 bits per heavy atom.